The molecule has 9 heteroatoms. The third kappa shape index (κ3) is 3.13. The molecule has 5 nitrogen and oxygen atoms in total. The molecule has 142 valence electrons. The Morgan fingerprint density at radius 2 is 1.89 bits per heavy atom. The molecule has 0 radical (unpaired) electrons. The fourth-order valence-corrected chi connectivity index (χ4v) is 3.70. The number of halogens is 3. The molecule has 0 fully saturated rings. The van der Waals surface area contributed by atoms with Gasteiger partial charge in [0.15, 0.2) is 28.2 Å². The molecule has 0 aliphatic rings. The van der Waals surface area contributed by atoms with Crippen LogP contribution in [-0.2, 0) is 0 Å². The number of thiazole rings is 1. The molecule has 2 aromatic carbocycles. The molecule has 0 aliphatic carbocycles. The van der Waals surface area contributed by atoms with Gasteiger partial charge in [0, 0.05) is 18.7 Å². The number of carbonyl (C=O) groups excluding carboxylic acids is 1. The maximum absolute atomic E-state index is 13.8. The topological polar surface area (TPSA) is 68.0 Å². The van der Waals surface area contributed by atoms with E-state index >= 15 is 0 Å². The van der Waals surface area contributed by atoms with Gasteiger partial charge in [0.1, 0.15) is 16.9 Å². The van der Waals surface area contributed by atoms with E-state index in [0.29, 0.717) is 28.5 Å². The molecule has 2 heterocycles. The van der Waals surface area contributed by atoms with Gasteiger partial charge in [-0.2, -0.15) is 0 Å². The average molecular weight is 403 g/mol. The quantitative estimate of drug-likeness (QED) is 0.475. The predicted octanol–water partition coefficient (Wildman–Crippen LogP) is 5.24. The van der Waals surface area contributed by atoms with Gasteiger partial charge in [0.2, 0.25) is 0 Å². The molecular weight excluding hydrogens is 391 g/mol. The zero-order valence-electron chi connectivity index (χ0n) is 14.6. The number of aryl methyl sites for hydroxylation is 2. The van der Waals surface area contributed by atoms with Crippen LogP contribution in [0.1, 0.15) is 21.8 Å². The van der Waals surface area contributed by atoms with Crippen molar-refractivity contribution in [1.29, 1.82) is 0 Å². The minimum absolute atomic E-state index is 0.122. The van der Waals surface area contributed by atoms with Gasteiger partial charge in [-0.15, -0.1) is 0 Å². The van der Waals surface area contributed by atoms with Crippen LogP contribution in [0.2, 0.25) is 0 Å². The highest BCUT2D eigenvalue weighted by molar-refractivity contribution is 7.19. The van der Waals surface area contributed by atoms with E-state index in [1.807, 2.05) is 19.1 Å². The zero-order valence-corrected chi connectivity index (χ0v) is 15.5. The van der Waals surface area contributed by atoms with Crippen LogP contribution in [0.3, 0.4) is 0 Å². The van der Waals surface area contributed by atoms with Crippen molar-refractivity contribution >= 4 is 33.5 Å². The number of anilines is 1. The summed E-state index contributed by atoms with van der Waals surface area (Å²) in [5, 5.41) is 2.43. The molecule has 0 bridgehead atoms. The third-order valence-electron chi connectivity index (χ3n) is 4.10. The van der Waals surface area contributed by atoms with E-state index < -0.39 is 28.9 Å². The fraction of sp³-hybridized carbons (Fsp3) is 0.105. The first-order valence-electron chi connectivity index (χ1n) is 8.12. The third-order valence-corrected chi connectivity index (χ3v) is 5.05. The summed E-state index contributed by atoms with van der Waals surface area (Å²) in [6.07, 6.45) is 1.52. The summed E-state index contributed by atoms with van der Waals surface area (Å²) in [5.74, 6) is -4.58. The zero-order chi connectivity index (χ0) is 20.0. The summed E-state index contributed by atoms with van der Waals surface area (Å²) in [4.78, 5) is 21.2. The second kappa shape index (κ2) is 6.75. The van der Waals surface area contributed by atoms with Crippen molar-refractivity contribution < 1.29 is 22.4 Å². The molecule has 0 saturated heterocycles. The van der Waals surface area contributed by atoms with Crippen molar-refractivity contribution in [3.8, 4) is 10.4 Å². The highest BCUT2D eigenvalue weighted by atomic mass is 32.1. The summed E-state index contributed by atoms with van der Waals surface area (Å²) in [7, 11) is 0. The number of rotatable bonds is 3. The average Bonchev–Trinajstić information content (AvgIpc) is 3.23. The Hall–Kier alpha value is -3.20. The van der Waals surface area contributed by atoms with E-state index in [9.17, 15) is 18.0 Å². The fourth-order valence-electron chi connectivity index (χ4n) is 2.81. The van der Waals surface area contributed by atoms with Crippen LogP contribution >= 0.6 is 11.3 Å². The molecule has 0 atom stereocenters. The van der Waals surface area contributed by atoms with Crippen LogP contribution in [-0.4, -0.2) is 15.9 Å². The Balaban J connectivity index is 1.64. The number of hydrogen-bond donors (Lipinski definition) is 1. The van der Waals surface area contributed by atoms with Crippen molar-refractivity contribution in [2.24, 2.45) is 0 Å². The van der Waals surface area contributed by atoms with Crippen LogP contribution in [0.25, 0.3) is 21.5 Å². The second-order valence-corrected chi connectivity index (χ2v) is 7.10. The van der Waals surface area contributed by atoms with Crippen molar-refractivity contribution in [1.82, 2.24) is 9.97 Å². The predicted molar refractivity (Wildman–Crippen MR) is 98.9 cm³/mol. The maximum Gasteiger partial charge on any atom is 0.263 e. The van der Waals surface area contributed by atoms with Gasteiger partial charge in [-0.25, -0.2) is 23.1 Å². The Labute approximate surface area is 160 Å². The molecule has 0 unspecified atom stereocenters. The lowest BCUT2D eigenvalue weighted by Crippen LogP contribution is -2.16. The minimum Gasteiger partial charge on any atom is -0.441 e. The van der Waals surface area contributed by atoms with Gasteiger partial charge >= 0.3 is 0 Å². The molecule has 1 N–H and O–H groups in total. The van der Waals surface area contributed by atoms with Crippen LogP contribution in [0.15, 0.2) is 34.9 Å². The normalized spacial score (nSPS) is 11.2. The van der Waals surface area contributed by atoms with E-state index in [1.54, 1.807) is 6.92 Å². The van der Waals surface area contributed by atoms with Gasteiger partial charge < -0.3 is 4.42 Å². The Morgan fingerprint density at radius 1 is 1.14 bits per heavy atom. The minimum atomic E-state index is -1.55. The lowest BCUT2D eigenvalue weighted by atomic mass is 10.1. The van der Waals surface area contributed by atoms with Crippen molar-refractivity contribution in [3.63, 3.8) is 0 Å². The molecular formula is C19H12F3N3O2S. The number of hydrogen-bond acceptors (Lipinski definition) is 5. The first-order valence-corrected chi connectivity index (χ1v) is 8.94. The monoisotopic (exact) mass is 403 g/mol. The Kier molecular flexibility index (Phi) is 4.38. The van der Waals surface area contributed by atoms with E-state index in [-0.39, 0.29) is 5.13 Å². The highest BCUT2D eigenvalue weighted by Crippen LogP contribution is 2.34. The van der Waals surface area contributed by atoms with Crippen molar-refractivity contribution in [3.05, 3.63) is 64.9 Å². The van der Waals surface area contributed by atoms with Gasteiger partial charge in [0.05, 0.1) is 4.88 Å². The molecule has 28 heavy (non-hydrogen) atoms. The second-order valence-electron chi connectivity index (χ2n) is 6.07. The van der Waals surface area contributed by atoms with Crippen LogP contribution < -0.4 is 5.32 Å². The SMILES string of the molecule is Cc1nc2cc(C)c(-c3cnc(NC(=O)c4c(F)ccc(F)c4F)s3)cc2o1. The number of aromatic nitrogens is 2. The van der Waals surface area contributed by atoms with Crippen LogP contribution in [0.5, 0.6) is 0 Å². The molecule has 1 amide bonds. The highest BCUT2D eigenvalue weighted by Gasteiger charge is 2.22. The number of amides is 1. The summed E-state index contributed by atoms with van der Waals surface area (Å²) in [6, 6.07) is 5.00. The number of oxazole rings is 1. The standard InChI is InChI=1S/C19H12F3N3O2S/c1-8-5-13-14(27-9(2)24-13)6-10(8)15-7-23-19(28-15)25-18(26)16-11(20)3-4-12(21)17(16)22/h3-7H,1-2H3,(H,23,25,26). The molecule has 0 aliphatic heterocycles. The summed E-state index contributed by atoms with van der Waals surface area (Å²) in [5.41, 5.74) is 2.09. The Morgan fingerprint density at radius 3 is 2.68 bits per heavy atom. The largest absolute Gasteiger partial charge is 0.441 e. The number of nitrogens with one attached hydrogen (secondary N) is 1. The van der Waals surface area contributed by atoms with Gasteiger partial charge in [-0.05, 0) is 36.8 Å². The molecule has 4 rings (SSSR count). The lowest BCUT2D eigenvalue weighted by molar-refractivity contribution is 0.101. The van der Waals surface area contributed by atoms with Crippen molar-refractivity contribution in [2.45, 2.75) is 13.8 Å². The molecule has 4 aromatic rings. The number of fused-ring (bicyclic) bond motifs is 1. The van der Waals surface area contributed by atoms with E-state index in [1.165, 1.54) is 6.20 Å². The van der Waals surface area contributed by atoms with Gasteiger partial charge in [-0.3, -0.25) is 10.1 Å². The molecule has 2 aromatic heterocycles. The first kappa shape index (κ1) is 18.2. The van der Waals surface area contributed by atoms with E-state index in [2.05, 4.69) is 15.3 Å². The molecule has 0 spiro atoms. The van der Waals surface area contributed by atoms with Gasteiger partial charge in [-0.1, -0.05) is 11.3 Å². The first-order chi connectivity index (χ1) is 13.3. The maximum atomic E-state index is 13.8. The van der Waals surface area contributed by atoms with E-state index in [0.717, 1.165) is 28.0 Å². The summed E-state index contributed by atoms with van der Waals surface area (Å²) < 4.78 is 46.4. The van der Waals surface area contributed by atoms with Crippen LogP contribution in [0.4, 0.5) is 18.3 Å². The lowest BCUT2D eigenvalue weighted by Gasteiger charge is -2.05. The number of nitrogens with zero attached hydrogens (tertiary/aromatic N) is 2. The number of benzene rings is 2. The summed E-state index contributed by atoms with van der Waals surface area (Å²) >= 11 is 1.11. The Bertz CT molecular complexity index is 1230. The molecule has 0 saturated carbocycles. The summed E-state index contributed by atoms with van der Waals surface area (Å²) in [6.45, 7) is 3.65. The number of carbonyl (C=O) groups is 1. The smallest absolute Gasteiger partial charge is 0.263 e. The van der Waals surface area contributed by atoms with Crippen molar-refractivity contribution in [2.75, 3.05) is 5.32 Å². The van der Waals surface area contributed by atoms with Gasteiger partial charge in [0.25, 0.3) is 5.91 Å². The van der Waals surface area contributed by atoms with Crippen LogP contribution in [0, 0.1) is 31.3 Å². The van der Waals surface area contributed by atoms with E-state index in [4.69, 9.17) is 4.42 Å².